The van der Waals surface area contributed by atoms with Crippen molar-refractivity contribution in [1.82, 2.24) is 0 Å². The van der Waals surface area contributed by atoms with E-state index < -0.39 is 10.0 Å². The third-order valence-electron chi connectivity index (χ3n) is 2.59. The minimum absolute atomic E-state index is 0.251. The number of rotatable bonds is 4. The predicted octanol–water partition coefficient (Wildman–Crippen LogP) is 5.15. The third-order valence-corrected chi connectivity index (χ3v) is 7.84. The standard InChI is InChI=1S/C12H10Br3NO3S2/c1-6-3-11(20-12(6)15)21(17,18)16-9-5-10(19-2)8(14)4-7(9)13/h3-5,16H,1-2H3. The van der Waals surface area contributed by atoms with E-state index in [0.717, 1.165) is 13.8 Å². The Morgan fingerprint density at radius 1 is 1.14 bits per heavy atom. The molecule has 2 aromatic rings. The van der Waals surface area contributed by atoms with Crippen molar-refractivity contribution in [3.05, 3.63) is 36.5 Å². The summed E-state index contributed by atoms with van der Waals surface area (Å²) in [6, 6.07) is 4.97. The average Bonchev–Trinajstić information content (AvgIpc) is 2.74. The zero-order valence-electron chi connectivity index (χ0n) is 10.9. The number of thiophene rings is 1. The summed E-state index contributed by atoms with van der Waals surface area (Å²) in [4.78, 5) is 0. The van der Waals surface area contributed by atoms with Gasteiger partial charge >= 0.3 is 0 Å². The van der Waals surface area contributed by atoms with Crippen LogP contribution in [0.4, 0.5) is 5.69 Å². The van der Waals surface area contributed by atoms with Gasteiger partial charge in [0, 0.05) is 10.5 Å². The summed E-state index contributed by atoms with van der Waals surface area (Å²) >= 11 is 11.2. The van der Waals surface area contributed by atoms with Gasteiger partial charge in [-0.25, -0.2) is 8.42 Å². The van der Waals surface area contributed by atoms with Crippen molar-refractivity contribution in [2.24, 2.45) is 0 Å². The topological polar surface area (TPSA) is 55.4 Å². The van der Waals surface area contributed by atoms with Crippen molar-refractivity contribution < 1.29 is 13.2 Å². The number of halogens is 3. The number of benzene rings is 1. The second-order valence-electron chi connectivity index (χ2n) is 4.09. The van der Waals surface area contributed by atoms with E-state index in [0.29, 0.717) is 15.9 Å². The molecular weight excluding hydrogens is 510 g/mol. The molecule has 0 radical (unpaired) electrons. The lowest BCUT2D eigenvalue weighted by molar-refractivity contribution is 0.412. The Kier molecular flexibility index (Phi) is 5.40. The largest absolute Gasteiger partial charge is 0.495 e. The number of ether oxygens (including phenoxy) is 1. The van der Waals surface area contributed by atoms with Crippen molar-refractivity contribution in [2.45, 2.75) is 11.1 Å². The monoisotopic (exact) mass is 517 g/mol. The van der Waals surface area contributed by atoms with Crippen molar-refractivity contribution in [1.29, 1.82) is 0 Å². The first-order valence-corrected chi connectivity index (χ1v) is 10.2. The summed E-state index contributed by atoms with van der Waals surface area (Å²) in [7, 11) is -2.12. The van der Waals surface area contributed by atoms with Gasteiger partial charge in [0.2, 0.25) is 0 Å². The van der Waals surface area contributed by atoms with Crippen LogP contribution >= 0.6 is 59.1 Å². The molecule has 114 valence electrons. The van der Waals surface area contributed by atoms with Crippen molar-refractivity contribution in [3.63, 3.8) is 0 Å². The molecule has 0 saturated heterocycles. The van der Waals surface area contributed by atoms with Crippen LogP contribution in [0.2, 0.25) is 0 Å². The summed E-state index contributed by atoms with van der Waals surface area (Å²) < 4.78 is 35.0. The quantitative estimate of drug-likeness (QED) is 0.607. The van der Waals surface area contributed by atoms with Crippen LogP contribution in [0.15, 0.2) is 35.1 Å². The minimum atomic E-state index is -3.64. The van der Waals surface area contributed by atoms with E-state index in [9.17, 15) is 8.42 Å². The second kappa shape index (κ2) is 6.57. The van der Waals surface area contributed by atoms with E-state index in [2.05, 4.69) is 52.5 Å². The number of aryl methyl sites for hydroxylation is 1. The van der Waals surface area contributed by atoms with Crippen LogP contribution in [0.25, 0.3) is 0 Å². The molecule has 4 nitrogen and oxygen atoms in total. The summed E-state index contributed by atoms with van der Waals surface area (Å²) in [5.74, 6) is 0.541. The molecule has 1 N–H and O–H groups in total. The highest BCUT2D eigenvalue weighted by Gasteiger charge is 2.20. The lowest BCUT2D eigenvalue weighted by Crippen LogP contribution is -2.12. The van der Waals surface area contributed by atoms with Gasteiger partial charge in [0.15, 0.2) is 0 Å². The van der Waals surface area contributed by atoms with E-state index in [-0.39, 0.29) is 4.21 Å². The molecule has 0 aliphatic heterocycles. The molecule has 0 aliphatic carbocycles. The van der Waals surface area contributed by atoms with Gasteiger partial charge in [-0.05, 0) is 72.4 Å². The summed E-state index contributed by atoms with van der Waals surface area (Å²) in [5.41, 5.74) is 1.30. The van der Waals surface area contributed by atoms with Crippen molar-refractivity contribution in [3.8, 4) is 5.75 Å². The minimum Gasteiger partial charge on any atom is -0.495 e. The molecule has 9 heteroatoms. The molecule has 0 bridgehead atoms. The number of anilines is 1. The van der Waals surface area contributed by atoms with Gasteiger partial charge in [-0.15, -0.1) is 11.3 Å². The SMILES string of the molecule is COc1cc(NS(=O)(=O)c2cc(C)c(Br)s2)c(Br)cc1Br. The van der Waals surface area contributed by atoms with Gasteiger partial charge in [0.05, 0.1) is 21.1 Å². The molecule has 1 aromatic heterocycles. The fourth-order valence-corrected chi connectivity index (χ4v) is 6.21. The molecule has 1 aromatic carbocycles. The van der Waals surface area contributed by atoms with Crippen LogP contribution in [0.1, 0.15) is 5.56 Å². The highest BCUT2D eigenvalue weighted by atomic mass is 79.9. The predicted molar refractivity (Wildman–Crippen MR) is 96.0 cm³/mol. The zero-order chi connectivity index (χ0) is 15.8. The number of hydrogen-bond acceptors (Lipinski definition) is 4. The molecule has 0 atom stereocenters. The van der Waals surface area contributed by atoms with Gasteiger partial charge in [-0.3, -0.25) is 4.72 Å². The van der Waals surface area contributed by atoms with Crippen LogP contribution in [-0.2, 0) is 10.0 Å². The molecule has 0 unspecified atom stereocenters. The van der Waals surface area contributed by atoms with Crippen molar-refractivity contribution in [2.75, 3.05) is 11.8 Å². The molecule has 21 heavy (non-hydrogen) atoms. The Morgan fingerprint density at radius 2 is 1.81 bits per heavy atom. The van der Waals surface area contributed by atoms with Crippen LogP contribution in [0.3, 0.4) is 0 Å². The molecule has 0 saturated carbocycles. The molecule has 0 spiro atoms. The summed E-state index contributed by atoms with van der Waals surface area (Å²) in [6.45, 7) is 1.85. The van der Waals surface area contributed by atoms with E-state index in [1.54, 1.807) is 18.2 Å². The third kappa shape index (κ3) is 3.82. The maximum atomic E-state index is 12.4. The molecule has 1 heterocycles. The maximum absolute atomic E-state index is 12.4. The number of nitrogens with one attached hydrogen (secondary N) is 1. The number of methoxy groups -OCH3 is 1. The number of hydrogen-bond donors (Lipinski definition) is 1. The summed E-state index contributed by atoms with van der Waals surface area (Å²) in [6.07, 6.45) is 0. The Balaban J connectivity index is 2.41. The lowest BCUT2D eigenvalue weighted by Gasteiger charge is -2.11. The Hall–Kier alpha value is -0.0900. The molecule has 0 fully saturated rings. The maximum Gasteiger partial charge on any atom is 0.271 e. The first-order chi connectivity index (χ1) is 9.74. The van der Waals surface area contributed by atoms with Crippen LogP contribution < -0.4 is 9.46 Å². The van der Waals surface area contributed by atoms with Crippen LogP contribution in [-0.4, -0.2) is 15.5 Å². The lowest BCUT2D eigenvalue weighted by atomic mass is 10.3. The average molecular weight is 520 g/mol. The normalized spacial score (nSPS) is 11.5. The van der Waals surface area contributed by atoms with Gasteiger partial charge < -0.3 is 4.74 Å². The van der Waals surface area contributed by atoms with Crippen LogP contribution in [0, 0.1) is 6.92 Å². The molecule has 0 amide bonds. The fourth-order valence-electron chi connectivity index (χ4n) is 1.52. The zero-order valence-corrected chi connectivity index (χ0v) is 17.3. The highest BCUT2D eigenvalue weighted by Crippen LogP contribution is 2.37. The van der Waals surface area contributed by atoms with Gasteiger partial charge in [0.25, 0.3) is 10.0 Å². The first kappa shape index (κ1) is 17.3. The van der Waals surface area contributed by atoms with E-state index in [1.807, 2.05) is 6.92 Å². The van der Waals surface area contributed by atoms with E-state index in [1.165, 1.54) is 18.4 Å². The van der Waals surface area contributed by atoms with E-state index >= 15 is 0 Å². The first-order valence-electron chi connectivity index (χ1n) is 5.56. The van der Waals surface area contributed by atoms with E-state index in [4.69, 9.17) is 4.74 Å². The Morgan fingerprint density at radius 3 is 2.33 bits per heavy atom. The van der Waals surface area contributed by atoms with Gasteiger partial charge in [0.1, 0.15) is 9.96 Å². The number of sulfonamides is 1. The second-order valence-corrected chi connectivity index (χ2v) is 10.1. The molecule has 2 rings (SSSR count). The fraction of sp³-hybridized carbons (Fsp3) is 0.167. The van der Waals surface area contributed by atoms with Gasteiger partial charge in [-0.2, -0.15) is 0 Å². The Bertz CT molecular complexity index is 768. The molecule has 0 aliphatic rings. The molecular formula is C12H10Br3NO3S2. The Labute approximate surface area is 152 Å². The highest BCUT2D eigenvalue weighted by molar-refractivity contribution is 9.11. The van der Waals surface area contributed by atoms with Crippen molar-refractivity contribution >= 4 is 74.8 Å². The summed E-state index contributed by atoms with van der Waals surface area (Å²) in [5, 5.41) is 0. The smallest absolute Gasteiger partial charge is 0.271 e. The van der Waals surface area contributed by atoms with Crippen LogP contribution in [0.5, 0.6) is 5.75 Å². The van der Waals surface area contributed by atoms with Gasteiger partial charge in [-0.1, -0.05) is 0 Å².